The molecule has 176 valence electrons. The van der Waals surface area contributed by atoms with Gasteiger partial charge in [0.05, 0.1) is 33.0 Å². The molecule has 0 radical (unpaired) electrons. The van der Waals surface area contributed by atoms with Crippen molar-refractivity contribution in [2.45, 2.75) is 9.10 Å². The summed E-state index contributed by atoms with van der Waals surface area (Å²) in [6, 6.07) is 17.8. The van der Waals surface area contributed by atoms with E-state index in [1.807, 2.05) is 36.4 Å². The molecule has 0 saturated heterocycles. The third-order valence-electron chi connectivity index (χ3n) is 4.83. The van der Waals surface area contributed by atoms with E-state index in [0.717, 1.165) is 20.0 Å². The quantitative estimate of drug-likeness (QED) is 0.191. The van der Waals surface area contributed by atoms with E-state index in [2.05, 4.69) is 15.6 Å². The number of anilines is 2. The molecule has 0 aliphatic carbocycles. The maximum absolute atomic E-state index is 12.3. The smallest absolute Gasteiger partial charge is 0.324 e. The predicted molar refractivity (Wildman–Crippen MR) is 139 cm³/mol. The Kier molecular flexibility index (Phi) is 7.95. The molecule has 0 saturated carbocycles. The summed E-state index contributed by atoms with van der Waals surface area (Å²) in [6.45, 7) is 0.847. The van der Waals surface area contributed by atoms with Crippen LogP contribution in [0.15, 0.2) is 69.9 Å². The predicted octanol–water partition coefficient (Wildman–Crippen LogP) is 5.99. The van der Waals surface area contributed by atoms with Crippen molar-refractivity contribution in [3.63, 3.8) is 0 Å². The standard InChI is InChI=1S/C25H21N5O3S2/c1-32-10-11-33-21-13-20-19(12-17(21)15-27)22(8-9-28-20)34-24-7-6-23(35-24)30-25(31)29-18-4-2-16(14-26)3-5-18/h2-9,12-13,15,27H,10-11H2,1H3,(H2,29,30,31). The Labute approximate surface area is 210 Å². The van der Waals surface area contributed by atoms with Crippen LogP contribution in [0.2, 0.25) is 0 Å². The van der Waals surface area contributed by atoms with Gasteiger partial charge < -0.3 is 20.2 Å². The number of urea groups is 1. The van der Waals surface area contributed by atoms with Crippen molar-refractivity contribution in [2.75, 3.05) is 31.0 Å². The molecular weight excluding hydrogens is 482 g/mol. The van der Waals surface area contributed by atoms with E-state index < -0.39 is 0 Å². The SMILES string of the molecule is COCCOc1cc2nccc(Sc3ccc(NC(=O)Nc4ccc(C#N)cc4)s3)c2cc1C=N. The van der Waals surface area contributed by atoms with Gasteiger partial charge in [-0.15, -0.1) is 11.3 Å². The fourth-order valence-electron chi connectivity index (χ4n) is 3.18. The number of ether oxygens (including phenoxy) is 2. The van der Waals surface area contributed by atoms with Gasteiger partial charge in [0.1, 0.15) is 12.4 Å². The summed E-state index contributed by atoms with van der Waals surface area (Å²) in [5, 5.41) is 23.9. The van der Waals surface area contributed by atoms with Gasteiger partial charge in [0.2, 0.25) is 0 Å². The number of hydrogen-bond donors (Lipinski definition) is 3. The van der Waals surface area contributed by atoms with E-state index in [4.69, 9.17) is 20.1 Å². The zero-order valence-corrected chi connectivity index (χ0v) is 20.3. The normalized spacial score (nSPS) is 10.5. The highest BCUT2D eigenvalue weighted by atomic mass is 32.2. The van der Waals surface area contributed by atoms with Crippen molar-refractivity contribution in [1.29, 1.82) is 10.7 Å². The second-order valence-electron chi connectivity index (χ2n) is 7.19. The second kappa shape index (κ2) is 11.5. The molecule has 2 aromatic heterocycles. The van der Waals surface area contributed by atoms with Gasteiger partial charge in [-0.1, -0.05) is 11.8 Å². The van der Waals surface area contributed by atoms with Crippen molar-refractivity contribution in [3.8, 4) is 11.8 Å². The van der Waals surface area contributed by atoms with E-state index in [1.165, 1.54) is 17.6 Å². The van der Waals surface area contributed by atoms with E-state index in [9.17, 15) is 4.79 Å². The minimum absolute atomic E-state index is 0.362. The lowest BCUT2D eigenvalue weighted by molar-refractivity contribution is 0.146. The molecule has 0 aliphatic heterocycles. The Morgan fingerprint density at radius 3 is 2.74 bits per heavy atom. The summed E-state index contributed by atoms with van der Waals surface area (Å²) in [6.07, 6.45) is 3.01. The summed E-state index contributed by atoms with van der Waals surface area (Å²) >= 11 is 3.01. The van der Waals surface area contributed by atoms with Gasteiger partial charge >= 0.3 is 6.03 Å². The minimum Gasteiger partial charge on any atom is -0.490 e. The largest absolute Gasteiger partial charge is 0.490 e. The maximum Gasteiger partial charge on any atom is 0.324 e. The van der Waals surface area contributed by atoms with Crippen molar-refractivity contribution in [3.05, 3.63) is 71.9 Å². The highest BCUT2D eigenvalue weighted by molar-refractivity contribution is 8.01. The molecule has 3 N–H and O–H groups in total. The molecule has 0 atom stereocenters. The van der Waals surface area contributed by atoms with Gasteiger partial charge in [-0.25, -0.2) is 4.79 Å². The summed E-state index contributed by atoms with van der Waals surface area (Å²) < 4.78 is 11.8. The van der Waals surface area contributed by atoms with E-state index in [1.54, 1.807) is 49.3 Å². The molecule has 0 aliphatic rings. The molecular formula is C25H21N5O3S2. The Bertz CT molecular complexity index is 1400. The number of fused-ring (bicyclic) bond motifs is 1. The lowest BCUT2D eigenvalue weighted by atomic mass is 10.1. The van der Waals surface area contributed by atoms with Crippen LogP contribution in [0.3, 0.4) is 0 Å². The molecule has 0 unspecified atom stereocenters. The van der Waals surface area contributed by atoms with Crippen LogP contribution in [-0.2, 0) is 4.74 Å². The van der Waals surface area contributed by atoms with Crippen LogP contribution in [0.5, 0.6) is 5.75 Å². The molecule has 35 heavy (non-hydrogen) atoms. The van der Waals surface area contributed by atoms with Crippen LogP contribution >= 0.6 is 23.1 Å². The Hall–Kier alpha value is -3.91. The van der Waals surface area contributed by atoms with Crippen molar-refractivity contribution in [2.24, 2.45) is 0 Å². The monoisotopic (exact) mass is 503 g/mol. The molecule has 4 aromatic rings. The first kappa shape index (κ1) is 24.2. The number of carbonyl (C=O) groups is 1. The molecule has 0 bridgehead atoms. The first-order valence-electron chi connectivity index (χ1n) is 10.5. The van der Waals surface area contributed by atoms with Crippen LogP contribution in [0.4, 0.5) is 15.5 Å². The number of rotatable bonds is 9. The van der Waals surface area contributed by atoms with Gasteiger partial charge in [0.15, 0.2) is 0 Å². The lowest BCUT2D eigenvalue weighted by Gasteiger charge is -2.11. The summed E-state index contributed by atoms with van der Waals surface area (Å²) in [4.78, 5) is 17.8. The van der Waals surface area contributed by atoms with Crippen molar-refractivity contribution < 1.29 is 14.3 Å². The van der Waals surface area contributed by atoms with Gasteiger partial charge in [-0.3, -0.25) is 10.3 Å². The van der Waals surface area contributed by atoms with Gasteiger partial charge in [-0.2, -0.15) is 5.26 Å². The lowest BCUT2D eigenvalue weighted by Crippen LogP contribution is -2.18. The first-order valence-corrected chi connectivity index (χ1v) is 12.1. The number of aromatic nitrogens is 1. The fraction of sp³-hybridized carbons (Fsp3) is 0.120. The number of nitrogens with one attached hydrogen (secondary N) is 3. The van der Waals surface area contributed by atoms with Crippen molar-refractivity contribution >= 4 is 56.9 Å². The highest BCUT2D eigenvalue weighted by Crippen LogP contribution is 2.39. The highest BCUT2D eigenvalue weighted by Gasteiger charge is 2.12. The number of nitriles is 1. The number of benzene rings is 2. The van der Waals surface area contributed by atoms with Crippen LogP contribution < -0.4 is 15.4 Å². The number of carbonyl (C=O) groups excluding carboxylic acids is 1. The van der Waals surface area contributed by atoms with Crippen LogP contribution in [0.1, 0.15) is 11.1 Å². The molecule has 10 heteroatoms. The second-order valence-corrected chi connectivity index (χ2v) is 9.62. The summed E-state index contributed by atoms with van der Waals surface area (Å²) in [5.74, 6) is 0.593. The summed E-state index contributed by atoms with van der Waals surface area (Å²) in [5.41, 5.74) is 2.56. The molecule has 0 spiro atoms. The Balaban J connectivity index is 1.46. The summed E-state index contributed by atoms with van der Waals surface area (Å²) in [7, 11) is 1.61. The van der Waals surface area contributed by atoms with Crippen LogP contribution in [0.25, 0.3) is 10.9 Å². The first-order chi connectivity index (χ1) is 17.1. The molecule has 8 nitrogen and oxygen atoms in total. The van der Waals surface area contributed by atoms with Crippen LogP contribution in [0, 0.1) is 16.7 Å². The average molecular weight is 504 g/mol. The van der Waals surface area contributed by atoms with Gasteiger partial charge in [-0.05, 0) is 48.5 Å². The Morgan fingerprint density at radius 1 is 1.17 bits per heavy atom. The van der Waals surface area contributed by atoms with Gasteiger partial charge in [0, 0.05) is 47.1 Å². The average Bonchev–Trinajstić information content (AvgIpc) is 3.30. The van der Waals surface area contributed by atoms with Crippen LogP contribution in [-0.4, -0.2) is 37.6 Å². The van der Waals surface area contributed by atoms with E-state index in [0.29, 0.717) is 40.8 Å². The van der Waals surface area contributed by atoms with E-state index in [-0.39, 0.29) is 6.03 Å². The minimum atomic E-state index is -0.362. The number of nitrogens with zero attached hydrogens (tertiary/aromatic N) is 2. The number of amides is 2. The molecule has 2 amide bonds. The maximum atomic E-state index is 12.3. The molecule has 2 aromatic carbocycles. The molecule has 0 fully saturated rings. The topological polar surface area (TPSA) is 120 Å². The zero-order valence-electron chi connectivity index (χ0n) is 18.7. The van der Waals surface area contributed by atoms with Gasteiger partial charge in [0.25, 0.3) is 0 Å². The number of pyridine rings is 1. The number of thiophene rings is 1. The van der Waals surface area contributed by atoms with Crippen molar-refractivity contribution in [1.82, 2.24) is 4.98 Å². The zero-order chi connectivity index (χ0) is 24.6. The third-order valence-corrected chi connectivity index (χ3v) is 7.04. The number of hydrogen-bond acceptors (Lipinski definition) is 8. The fourth-order valence-corrected chi connectivity index (χ4v) is 5.27. The molecule has 2 heterocycles. The Morgan fingerprint density at radius 2 is 2.00 bits per heavy atom. The van der Waals surface area contributed by atoms with E-state index >= 15 is 0 Å². The molecule has 4 rings (SSSR count). The number of methoxy groups -OCH3 is 1. The third kappa shape index (κ3) is 6.16.